The number of aliphatic hydroxyl groups excluding tert-OH is 1. The molecule has 74 valence electrons. The van der Waals surface area contributed by atoms with Crippen molar-refractivity contribution in [3.63, 3.8) is 0 Å². The van der Waals surface area contributed by atoms with Crippen molar-refractivity contribution in [2.24, 2.45) is 11.8 Å². The molecule has 2 aliphatic rings. The lowest BCUT2D eigenvalue weighted by atomic mass is 9.98. The Bertz CT molecular complexity index is 220. The van der Waals surface area contributed by atoms with Gasteiger partial charge in [0.1, 0.15) is 6.10 Å². The third-order valence-corrected chi connectivity index (χ3v) is 3.32. The van der Waals surface area contributed by atoms with Crippen molar-refractivity contribution in [2.45, 2.75) is 37.9 Å². The molecule has 0 radical (unpaired) electrons. The zero-order chi connectivity index (χ0) is 9.42. The molecule has 5 heteroatoms. The van der Waals surface area contributed by atoms with Gasteiger partial charge < -0.3 is 9.94 Å². The Morgan fingerprint density at radius 2 is 1.92 bits per heavy atom. The van der Waals surface area contributed by atoms with E-state index in [1.165, 1.54) is 0 Å². The predicted molar refractivity (Wildman–Crippen MR) is 43.3 cm³/mol. The van der Waals surface area contributed by atoms with E-state index in [0.29, 0.717) is 6.42 Å². The number of fused-ring (bicyclic) bond motifs is 1. The van der Waals surface area contributed by atoms with Gasteiger partial charge in [0.25, 0.3) is 5.09 Å². The first-order valence-corrected chi connectivity index (χ1v) is 4.67. The molecule has 0 aromatic heterocycles. The molecule has 2 saturated carbocycles. The molecule has 2 aliphatic carbocycles. The van der Waals surface area contributed by atoms with E-state index < -0.39 is 5.09 Å². The summed E-state index contributed by atoms with van der Waals surface area (Å²) in [5, 5.41) is 19.0. The van der Waals surface area contributed by atoms with E-state index >= 15 is 0 Å². The maximum Gasteiger partial charge on any atom is 0.294 e. The van der Waals surface area contributed by atoms with Crippen molar-refractivity contribution in [3.8, 4) is 0 Å². The van der Waals surface area contributed by atoms with Crippen molar-refractivity contribution in [2.75, 3.05) is 0 Å². The Labute approximate surface area is 75.8 Å². The molecule has 1 N–H and O–H groups in total. The lowest BCUT2D eigenvalue weighted by Gasteiger charge is -2.16. The second kappa shape index (κ2) is 3.14. The summed E-state index contributed by atoms with van der Waals surface area (Å²) in [7, 11) is 0. The number of aliphatic hydroxyl groups is 1. The largest absolute Gasteiger partial charge is 0.393 e. The Kier molecular flexibility index (Phi) is 2.11. The Balaban J connectivity index is 1.98. The van der Waals surface area contributed by atoms with Gasteiger partial charge in [0.15, 0.2) is 0 Å². The summed E-state index contributed by atoms with van der Waals surface area (Å²) in [6, 6.07) is 0. The smallest absolute Gasteiger partial charge is 0.294 e. The van der Waals surface area contributed by atoms with Crippen molar-refractivity contribution in [1.82, 2.24) is 0 Å². The van der Waals surface area contributed by atoms with Crippen molar-refractivity contribution < 1.29 is 15.0 Å². The van der Waals surface area contributed by atoms with E-state index in [0.717, 1.165) is 19.3 Å². The highest BCUT2D eigenvalue weighted by Crippen LogP contribution is 2.45. The molecule has 13 heavy (non-hydrogen) atoms. The molecule has 0 heterocycles. The summed E-state index contributed by atoms with van der Waals surface area (Å²) in [4.78, 5) is 14.7. The molecule has 0 saturated heterocycles. The van der Waals surface area contributed by atoms with Gasteiger partial charge in [0.05, 0.1) is 6.10 Å². The van der Waals surface area contributed by atoms with Crippen LogP contribution in [0.2, 0.25) is 0 Å². The predicted octanol–water partition coefficient (Wildman–Crippen LogP) is 0.744. The third-order valence-electron chi connectivity index (χ3n) is 3.32. The van der Waals surface area contributed by atoms with Gasteiger partial charge in [-0.3, -0.25) is 0 Å². The van der Waals surface area contributed by atoms with Gasteiger partial charge in [-0.2, -0.15) is 0 Å². The highest BCUT2D eigenvalue weighted by atomic mass is 17.0. The third kappa shape index (κ3) is 1.48. The van der Waals surface area contributed by atoms with Crippen LogP contribution in [0.5, 0.6) is 0 Å². The fourth-order valence-electron chi connectivity index (χ4n) is 2.76. The maximum atomic E-state index is 10.1. The van der Waals surface area contributed by atoms with Crippen LogP contribution < -0.4 is 0 Å². The van der Waals surface area contributed by atoms with Gasteiger partial charge in [-0.25, -0.2) is 0 Å². The first-order valence-electron chi connectivity index (χ1n) is 4.67. The second-order valence-corrected chi connectivity index (χ2v) is 3.92. The molecule has 0 amide bonds. The van der Waals surface area contributed by atoms with E-state index in [2.05, 4.69) is 4.84 Å². The van der Waals surface area contributed by atoms with E-state index in [1.54, 1.807) is 0 Å². The van der Waals surface area contributed by atoms with Crippen LogP contribution in [0, 0.1) is 22.0 Å². The lowest BCUT2D eigenvalue weighted by molar-refractivity contribution is -0.770. The number of hydrogen-bond acceptors (Lipinski definition) is 4. The minimum absolute atomic E-state index is 0.209. The zero-order valence-electron chi connectivity index (χ0n) is 7.26. The summed E-state index contributed by atoms with van der Waals surface area (Å²) in [5.74, 6) is 0.449. The first kappa shape index (κ1) is 8.74. The highest BCUT2D eigenvalue weighted by Gasteiger charge is 2.45. The number of hydrogen-bond donors (Lipinski definition) is 1. The second-order valence-electron chi connectivity index (χ2n) is 3.92. The summed E-state index contributed by atoms with van der Waals surface area (Å²) >= 11 is 0. The first-order chi connectivity index (χ1) is 6.18. The molecule has 4 unspecified atom stereocenters. The van der Waals surface area contributed by atoms with Crippen LogP contribution >= 0.6 is 0 Å². The van der Waals surface area contributed by atoms with Gasteiger partial charge >= 0.3 is 0 Å². The average Bonchev–Trinajstić information content (AvgIpc) is 2.56. The monoisotopic (exact) mass is 187 g/mol. The molecule has 5 nitrogen and oxygen atoms in total. The van der Waals surface area contributed by atoms with Crippen LogP contribution in [0.3, 0.4) is 0 Å². The van der Waals surface area contributed by atoms with Crippen LogP contribution in [0.4, 0.5) is 0 Å². The Morgan fingerprint density at radius 3 is 2.62 bits per heavy atom. The van der Waals surface area contributed by atoms with Crippen LogP contribution in [0.15, 0.2) is 0 Å². The minimum atomic E-state index is -0.711. The van der Waals surface area contributed by atoms with Crippen LogP contribution in [-0.4, -0.2) is 22.4 Å². The van der Waals surface area contributed by atoms with E-state index in [9.17, 15) is 15.2 Å². The topological polar surface area (TPSA) is 72.6 Å². The summed E-state index contributed by atoms with van der Waals surface area (Å²) < 4.78 is 0. The molecular formula is C8H13NO4. The van der Waals surface area contributed by atoms with Crippen LogP contribution in [0.25, 0.3) is 0 Å². The molecule has 2 fully saturated rings. The Morgan fingerprint density at radius 1 is 1.23 bits per heavy atom. The number of nitrogens with zero attached hydrogens (tertiary/aromatic N) is 1. The zero-order valence-corrected chi connectivity index (χ0v) is 7.26. The van der Waals surface area contributed by atoms with Gasteiger partial charge in [-0.15, -0.1) is 10.1 Å². The lowest BCUT2D eigenvalue weighted by Crippen LogP contribution is -2.23. The molecular weight excluding hydrogens is 174 g/mol. The molecule has 0 aliphatic heterocycles. The number of rotatable bonds is 2. The van der Waals surface area contributed by atoms with Gasteiger partial charge in [0.2, 0.25) is 0 Å². The van der Waals surface area contributed by atoms with Crippen molar-refractivity contribution in [1.29, 1.82) is 0 Å². The molecule has 0 spiro atoms. The van der Waals surface area contributed by atoms with Gasteiger partial charge in [-0.1, -0.05) is 0 Å². The van der Waals surface area contributed by atoms with Crippen molar-refractivity contribution in [3.05, 3.63) is 10.1 Å². The van der Waals surface area contributed by atoms with E-state index in [1.807, 2.05) is 0 Å². The molecule has 0 aromatic rings. The van der Waals surface area contributed by atoms with Gasteiger partial charge in [-0.05, 0) is 37.5 Å². The van der Waals surface area contributed by atoms with Crippen LogP contribution in [0.1, 0.15) is 25.7 Å². The highest BCUT2D eigenvalue weighted by molar-refractivity contribution is 4.94. The minimum Gasteiger partial charge on any atom is -0.393 e. The summed E-state index contributed by atoms with van der Waals surface area (Å²) in [6.45, 7) is 0. The molecule has 0 aromatic carbocycles. The SMILES string of the molecule is O=[N+]([O-])OC1CCC2C(O)CCC12. The molecule has 2 rings (SSSR count). The molecule has 4 atom stereocenters. The van der Waals surface area contributed by atoms with E-state index in [4.69, 9.17) is 0 Å². The fraction of sp³-hybridized carbons (Fsp3) is 1.00. The van der Waals surface area contributed by atoms with Crippen LogP contribution in [-0.2, 0) is 4.84 Å². The summed E-state index contributed by atoms with van der Waals surface area (Å²) in [5.41, 5.74) is 0. The quantitative estimate of drug-likeness (QED) is 0.511. The van der Waals surface area contributed by atoms with Crippen molar-refractivity contribution >= 4 is 0 Å². The maximum absolute atomic E-state index is 10.1. The molecule has 0 bridgehead atoms. The Hall–Kier alpha value is -0.840. The normalized spacial score (nSPS) is 43.2. The summed E-state index contributed by atoms with van der Waals surface area (Å²) in [6.07, 6.45) is 2.69. The van der Waals surface area contributed by atoms with E-state index in [-0.39, 0.29) is 24.0 Å². The standard InChI is InChI=1S/C8H13NO4/c10-7-3-1-6-5(7)2-4-8(6)13-9(11)12/h5-8,10H,1-4H2. The average molecular weight is 187 g/mol. The van der Waals surface area contributed by atoms with Gasteiger partial charge in [0, 0.05) is 0 Å². The fourth-order valence-corrected chi connectivity index (χ4v) is 2.76.